The summed E-state index contributed by atoms with van der Waals surface area (Å²) >= 11 is 0. The zero-order valence-corrected chi connectivity index (χ0v) is 17.0. The van der Waals surface area contributed by atoms with E-state index in [4.69, 9.17) is 4.74 Å². The van der Waals surface area contributed by atoms with E-state index in [1.165, 1.54) is 5.56 Å². The summed E-state index contributed by atoms with van der Waals surface area (Å²) in [6.45, 7) is 1.33. The Morgan fingerprint density at radius 2 is 1.79 bits per heavy atom. The zero-order valence-electron chi connectivity index (χ0n) is 17.0. The van der Waals surface area contributed by atoms with E-state index in [-0.39, 0.29) is 6.03 Å². The Kier molecular flexibility index (Phi) is 6.81. The molecule has 0 aliphatic rings. The number of carbonyl (C=O) groups excluding carboxylic acids is 1. The molecule has 1 aromatic heterocycles. The highest BCUT2D eigenvalue weighted by molar-refractivity contribution is 5.89. The number of benzene rings is 2. The fourth-order valence-electron chi connectivity index (χ4n) is 3.04. The largest absolute Gasteiger partial charge is 0.481 e. The highest BCUT2D eigenvalue weighted by Gasteiger charge is 2.08. The first-order valence-corrected chi connectivity index (χ1v) is 9.42. The quantitative estimate of drug-likeness (QED) is 0.636. The fraction of sp³-hybridized carbons (Fsp3) is 0.217. The van der Waals surface area contributed by atoms with E-state index in [1.807, 2.05) is 18.2 Å². The standard InChI is InChI=1S/C23H26N4O2/c1-27(2)16-17-8-10-18(11-9-17)21-7-5-4-6-19(21)14-25-23(28)26-20-12-13-22(29-3)24-15-20/h4-13,15H,14,16H2,1-3H3,(H2,25,26,28). The third kappa shape index (κ3) is 5.80. The minimum Gasteiger partial charge on any atom is -0.481 e. The van der Waals surface area contributed by atoms with Gasteiger partial charge in [-0.1, -0.05) is 48.5 Å². The highest BCUT2D eigenvalue weighted by atomic mass is 16.5. The molecule has 2 aromatic carbocycles. The number of ether oxygens (including phenoxy) is 1. The van der Waals surface area contributed by atoms with E-state index in [0.717, 1.165) is 23.2 Å². The van der Waals surface area contributed by atoms with Gasteiger partial charge in [0.25, 0.3) is 0 Å². The number of anilines is 1. The molecule has 0 bridgehead atoms. The van der Waals surface area contributed by atoms with Gasteiger partial charge >= 0.3 is 6.03 Å². The van der Waals surface area contributed by atoms with E-state index in [9.17, 15) is 4.79 Å². The molecule has 0 aliphatic heterocycles. The molecule has 0 aliphatic carbocycles. The van der Waals surface area contributed by atoms with Crippen LogP contribution in [0.5, 0.6) is 5.88 Å². The second-order valence-corrected chi connectivity index (χ2v) is 6.99. The molecule has 0 spiro atoms. The minimum absolute atomic E-state index is 0.284. The fourth-order valence-corrected chi connectivity index (χ4v) is 3.04. The lowest BCUT2D eigenvalue weighted by Crippen LogP contribution is -2.28. The van der Waals surface area contributed by atoms with E-state index in [0.29, 0.717) is 18.1 Å². The molecular formula is C23H26N4O2. The van der Waals surface area contributed by atoms with Crippen molar-refractivity contribution in [2.75, 3.05) is 26.5 Å². The van der Waals surface area contributed by atoms with E-state index in [1.54, 1.807) is 25.4 Å². The number of urea groups is 1. The van der Waals surface area contributed by atoms with Crippen LogP contribution < -0.4 is 15.4 Å². The number of aromatic nitrogens is 1. The minimum atomic E-state index is -0.284. The van der Waals surface area contributed by atoms with Crippen LogP contribution >= 0.6 is 0 Å². The lowest BCUT2D eigenvalue weighted by molar-refractivity contribution is 0.251. The summed E-state index contributed by atoms with van der Waals surface area (Å²) < 4.78 is 5.02. The summed E-state index contributed by atoms with van der Waals surface area (Å²) in [5, 5.41) is 5.68. The molecule has 0 atom stereocenters. The summed E-state index contributed by atoms with van der Waals surface area (Å²) in [5.74, 6) is 0.501. The van der Waals surface area contributed by atoms with Crippen LogP contribution in [-0.4, -0.2) is 37.1 Å². The lowest BCUT2D eigenvalue weighted by atomic mass is 9.98. The summed E-state index contributed by atoms with van der Waals surface area (Å²) in [4.78, 5) is 18.5. The Morgan fingerprint density at radius 1 is 1.03 bits per heavy atom. The Labute approximate surface area is 171 Å². The van der Waals surface area contributed by atoms with Crippen LogP contribution in [0.25, 0.3) is 11.1 Å². The van der Waals surface area contributed by atoms with Crippen LogP contribution in [0.1, 0.15) is 11.1 Å². The Hall–Kier alpha value is -3.38. The van der Waals surface area contributed by atoms with Crippen molar-refractivity contribution in [1.82, 2.24) is 15.2 Å². The molecular weight excluding hydrogens is 364 g/mol. The van der Waals surface area contributed by atoms with Gasteiger partial charge in [-0.15, -0.1) is 0 Å². The van der Waals surface area contributed by atoms with Crippen molar-refractivity contribution >= 4 is 11.7 Å². The summed E-state index contributed by atoms with van der Waals surface area (Å²) in [6, 6.07) is 19.8. The average molecular weight is 390 g/mol. The van der Waals surface area contributed by atoms with Crippen molar-refractivity contribution in [3.63, 3.8) is 0 Å². The van der Waals surface area contributed by atoms with Crippen LogP contribution in [0.4, 0.5) is 10.5 Å². The van der Waals surface area contributed by atoms with Crippen molar-refractivity contribution in [2.45, 2.75) is 13.1 Å². The maximum atomic E-state index is 12.2. The van der Waals surface area contributed by atoms with Crippen molar-refractivity contribution < 1.29 is 9.53 Å². The van der Waals surface area contributed by atoms with Crippen LogP contribution in [0.3, 0.4) is 0 Å². The molecule has 1 heterocycles. The molecule has 2 amide bonds. The number of nitrogens with zero attached hydrogens (tertiary/aromatic N) is 2. The second-order valence-electron chi connectivity index (χ2n) is 6.99. The van der Waals surface area contributed by atoms with Crippen LogP contribution in [0.2, 0.25) is 0 Å². The molecule has 0 saturated heterocycles. The van der Waals surface area contributed by atoms with Gasteiger partial charge in [-0.25, -0.2) is 9.78 Å². The van der Waals surface area contributed by atoms with Crippen molar-refractivity contribution in [1.29, 1.82) is 0 Å². The van der Waals surface area contributed by atoms with Gasteiger partial charge in [-0.2, -0.15) is 0 Å². The SMILES string of the molecule is COc1ccc(NC(=O)NCc2ccccc2-c2ccc(CN(C)C)cc2)cn1. The first kappa shape index (κ1) is 20.4. The van der Waals surface area contributed by atoms with Gasteiger partial charge in [0.15, 0.2) is 0 Å². The number of carbonyl (C=O) groups is 1. The van der Waals surface area contributed by atoms with Gasteiger partial charge in [0.2, 0.25) is 5.88 Å². The number of amides is 2. The van der Waals surface area contributed by atoms with Crippen LogP contribution in [-0.2, 0) is 13.1 Å². The molecule has 0 saturated carbocycles. The van der Waals surface area contributed by atoms with Gasteiger partial charge in [-0.05, 0) is 42.4 Å². The van der Waals surface area contributed by atoms with Crippen molar-refractivity contribution in [3.8, 4) is 17.0 Å². The van der Waals surface area contributed by atoms with Crippen molar-refractivity contribution in [2.24, 2.45) is 0 Å². The molecule has 0 unspecified atom stereocenters. The first-order chi connectivity index (χ1) is 14.0. The lowest BCUT2D eigenvalue weighted by Gasteiger charge is -2.13. The number of pyridine rings is 1. The molecule has 29 heavy (non-hydrogen) atoms. The Balaban J connectivity index is 1.65. The van der Waals surface area contributed by atoms with Gasteiger partial charge in [-0.3, -0.25) is 0 Å². The number of nitrogens with one attached hydrogen (secondary N) is 2. The highest BCUT2D eigenvalue weighted by Crippen LogP contribution is 2.24. The third-order valence-electron chi connectivity index (χ3n) is 4.42. The predicted molar refractivity (Wildman–Crippen MR) is 116 cm³/mol. The Morgan fingerprint density at radius 3 is 2.45 bits per heavy atom. The molecule has 0 radical (unpaired) electrons. The predicted octanol–water partition coefficient (Wildman–Crippen LogP) is 4.14. The van der Waals surface area contributed by atoms with Crippen LogP contribution in [0, 0.1) is 0 Å². The summed E-state index contributed by atoms with van der Waals surface area (Å²) in [5.41, 5.74) is 5.16. The molecule has 3 aromatic rings. The van der Waals surface area contributed by atoms with Crippen molar-refractivity contribution in [3.05, 3.63) is 78.0 Å². The summed E-state index contributed by atoms with van der Waals surface area (Å²) in [7, 11) is 5.67. The zero-order chi connectivity index (χ0) is 20.6. The monoisotopic (exact) mass is 390 g/mol. The molecule has 150 valence electrons. The maximum Gasteiger partial charge on any atom is 0.319 e. The summed E-state index contributed by atoms with van der Waals surface area (Å²) in [6.07, 6.45) is 1.56. The third-order valence-corrected chi connectivity index (χ3v) is 4.42. The molecule has 2 N–H and O–H groups in total. The number of hydrogen-bond acceptors (Lipinski definition) is 4. The molecule has 6 nitrogen and oxygen atoms in total. The average Bonchev–Trinajstić information content (AvgIpc) is 2.73. The normalized spacial score (nSPS) is 10.6. The van der Waals surface area contributed by atoms with E-state index in [2.05, 4.69) is 64.9 Å². The smallest absolute Gasteiger partial charge is 0.319 e. The van der Waals surface area contributed by atoms with E-state index >= 15 is 0 Å². The number of hydrogen-bond donors (Lipinski definition) is 2. The number of rotatable bonds is 7. The maximum absolute atomic E-state index is 12.2. The topological polar surface area (TPSA) is 66.5 Å². The molecule has 0 fully saturated rings. The molecule has 6 heteroatoms. The van der Waals surface area contributed by atoms with Gasteiger partial charge in [0.1, 0.15) is 0 Å². The van der Waals surface area contributed by atoms with Gasteiger partial charge < -0.3 is 20.3 Å². The van der Waals surface area contributed by atoms with E-state index < -0.39 is 0 Å². The van der Waals surface area contributed by atoms with Crippen LogP contribution in [0.15, 0.2) is 66.9 Å². The second kappa shape index (κ2) is 9.71. The first-order valence-electron chi connectivity index (χ1n) is 9.42. The van der Waals surface area contributed by atoms with Gasteiger partial charge in [0, 0.05) is 19.2 Å². The Bertz CT molecular complexity index is 938. The number of methoxy groups -OCH3 is 1. The molecule has 3 rings (SSSR count). The van der Waals surface area contributed by atoms with Gasteiger partial charge in [0.05, 0.1) is 19.0 Å².